The molecule has 0 aliphatic rings. The zero-order chi connectivity index (χ0) is 16.4. The molecule has 8 heteroatoms. The summed E-state index contributed by atoms with van der Waals surface area (Å²) in [4.78, 5) is 8.06. The van der Waals surface area contributed by atoms with Gasteiger partial charge in [-0.25, -0.2) is 9.97 Å². The summed E-state index contributed by atoms with van der Waals surface area (Å²) >= 11 is 6.12. The van der Waals surface area contributed by atoms with Crippen LogP contribution in [-0.2, 0) is 0 Å². The number of halogens is 4. The minimum absolute atomic E-state index is 0.332. The number of nitrogens with zero attached hydrogens (tertiary/aromatic N) is 2. The summed E-state index contributed by atoms with van der Waals surface area (Å²) in [5, 5.41) is 5.16. The van der Waals surface area contributed by atoms with E-state index in [1.54, 1.807) is 18.3 Å². The molecule has 0 amide bonds. The lowest BCUT2D eigenvalue weighted by atomic mass is 10.2. The Kier molecular flexibility index (Phi) is 3.96. The van der Waals surface area contributed by atoms with Gasteiger partial charge in [0.1, 0.15) is 17.4 Å². The Morgan fingerprint density at radius 2 is 1.78 bits per heavy atom. The number of ether oxygens (including phenoxy) is 1. The number of fused-ring (bicyclic) bond motifs is 1. The lowest BCUT2D eigenvalue weighted by molar-refractivity contribution is -0.274. The van der Waals surface area contributed by atoms with Crippen LogP contribution in [0.2, 0.25) is 5.02 Å². The second kappa shape index (κ2) is 5.92. The number of alkyl halides is 3. The lowest BCUT2D eigenvalue weighted by Crippen LogP contribution is -2.17. The molecule has 4 nitrogen and oxygen atoms in total. The van der Waals surface area contributed by atoms with Crippen molar-refractivity contribution in [2.24, 2.45) is 0 Å². The average molecular weight is 340 g/mol. The van der Waals surface area contributed by atoms with Gasteiger partial charge in [0.2, 0.25) is 0 Å². The maximum absolute atomic E-state index is 12.1. The number of benzene rings is 1. The minimum atomic E-state index is -4.74. The van der Waals surface area contributed by atoms with Gasteiger partial charge >= 0.3 is 6.36 Å². The van der Waals surface area contributed by atoms with Gasteiger partial charge < -0.3 is 10.1 Å². The third-order valence-corrected chi connectivity index (χ3v) is 3.27. The van der Waals surface area contributed by atoms with Crippen LogP contribution < -0.4 is 10.1 Å². The van der Waals surface area contributed by atoms with E-state index in [9.17, 15) is 13.2 Å². The molecule has 0 atom stereocenters. The molecule has 0 aliphatic heterocycles. The fraction of sp³-hybridized carbons (Fsp3) is 0.0667. The van der Waals surface area contributed by atoms with Gasteiger partial charge in [-0.15, -0.1) is 13.2 Å². The number of hydrogen-bond donors (Lipinski definition) is 1. The van der Waals surface area contributed by atoms with Crippen molar-refractivity contribution in [1.29, 1.82) is 0 Å². The standard InChI is InChI=1S/C15H9ClF3N3O/c16-12-3-1-2-9-7-20-14(6-11(9)12)22-13-5-4-10(8-21-13)23-15(17,18)19/h1-8H,(H,20,21,22). The van der Waals surface area contributed by atoms with Crippen molar-refractivity contribution in [2.75, 3.05) is 5.32 Å². The van der Waals surface area contributed by atoms with Gasteiger partial charge in [-0.3, -0.25) is 0 Å². The first kappa shape index (κ1) is 15.4. The fourth-order valence-electron chi connectivity index (χ4n) is 1.98. The lowest BCUT2D eigenvalue weighted by Gasteiger charge is -2.10. The van der Waals surface area contributed by atoms with E-state index in [1.807, 2.05) is 12.1 Å². The van der Waals surface area contributed by atoms with E-state index < -0.39 is 12.1 Å². The Hall–Kier alpha value is -2.54. The molecule has 0 fully saturated rings. The van der Waals surface area contributed by atoms with E-state index in [0.29, 0.717) is 16.7 Å². The Labute approximate surface area is 133 Å². The van der Waals surface area contributed by atoms with Gasteiger partial charge in [-0.1, -0.05) is 23.7 Å². The maximum atomic E-state index is 12.1. The van der Waals surface area contributed by atoms with Gasteiger partial charge in [0.05, 0.1) is 6.20 Å². The molecule has 3 aromatic rings. The SMILES string of the molecule is FC(F)(F)Oc1ccc(Nc2cc3c(Cl)cccc3cn2)nc1. The first-order valence-electron chi connectivity index (χ1n) is 6.44. The Bertz CT molecular complexity index is 837. The third kappa shape index (κ3) is 3.81. The zero-order valence-electron chi connectivity index (χ0n) is 11.4. The number of anilines is 2. The highest BCUT2D eigenvalue weighted by atomic mass is 35.5. The minimum Gasteiger partial charge on any atom is -0.404 e. The van der Waals surface area contributed by atoms with Gasteiger partial charge in [0, 0.05) is 22.0 Å². The van der Waals surface area contributed by atoms with Gasteiger partial charge in [0.25, 0.3) is 0 Å². The predicted octanol–water partition coefficient (Wildman–Crippen LogP) is 4.93. The molecule has 2 aromatic heterocycles. The largest absolute Gasteiger partial charge is 0.573 e. The van der Waals surface area contributed by atoms with Crippen LogP contribution in [-0.4, -0.2) is 16.3 Å². The van der Waals surface area contributed by atoms with Crippen LogP contribution in [0.1, 0.15) is 0 Å². The van der Waals surface area contributed by atoms with Crippen LogP contribution in [0.15, 0.2) is 48.8 Å². The van der Waals surface area contributed by atoms with E-state index in [-0.39, 0.29) is 0 Å². The third-order valence-electron chi connectivity index (χ3n) is 2.94. The van der Waals surface area contributed by atoms with E-state index in [1.165, 1.54) is 6.07 Å². The van der Waals surface area contributed by atoms with Crippen LogP contribution in [0.25, 0.3) is 10.8 Å². The normalized spacial score (nSPS) is 11.5. The van der Waals surface area contributed by atoms with Crippen molar-refractivity contribution in [2.45, 2.75) is 6.36 Å². The summed E-state index contributed by atoms with van der Waals surface area (Å²) in [7, 11) is 0. The number of hydrogen-bond acceptors (Lipinski definition) is 4. The molecule has 3 rings (SSSR count). The topological polar surface area (TPSA) is 47.0 Å². The fourth-order valence-corrected chi connectivity index (χ4v) is 2.22. The number of pyridine rings is 2. The van der Waals surface area contributed by atoms with Crippen LogP contribution in [0.4, 0.5) is 24.8 Å². The summed E-state index contributed by atoms with van der Waals surface area (Å²) < 4.78 is 40.0. The highest BCUT2D eigenvalue weighted by molar-refractivity contribution is 6.35. The molecule has 0 saturated heterocycles. The monoisotopic (exact) mass is 339 g/mol. The Morgan fingerprint density at radius 3 is 2.48 bits per heavy atom. The van der Waals surface area contributed by atoms with Crippen molar-refractivity contribution < 1.29 is 17.9 Å². The first-order valence-corrected chi connectivity index (χ1v) is 6.82. The molecular weight excluding hydrogens is 331 g/mol. The van der Waals surface area contributed by atoms with Crippen LogP contribution >= 0.6 is 11.6 Å². The van der Waals surface area contributed by atoms with E-state index in [2.05, 4.69) is 20.0 Å². The molecule has 0 radical (unpaired) electrons. The molecule has 118 valence electrons. The molecule has 0 unspecified atom stereocenters. The second-order valence-corrected chi connectivity index (χ2v) is 4.99. The number of rotatable bonds is 3. The van der Waals surface area contributed by atoms with Crippen LogP contribution in [0.5, 0.6) is 5.75 Å². The van der Waals surface area contributed by atoms with Gasteiger partial charge in [-0.05, 0) is 24.3 Å². The highest BCUT2D eigenvalue weighted by Gasteiger charge is 2.31. The molecule has 0 bridgehead atoms. The molecule has 1 N–H and O–H groups in total. The highest BCUT2D eigenvalue weighted by Crippen LogP contribution is 2.26. The molecule has 23 heavy (non-hydrogen) atoms. The quantitative estimate of drug-likeness (QED) is 0.735. The van der Waals surface area contributed by atoms with E-state index >= 15 is 0 Å². The van der Waals surface area contributed by atoms with Crippen molar-refractivity contribution in [3.05, 3.63) is 53.8 Å². The van der Waals surface area contributed by atoms with Gasteiger partial charge in [0.15, 0.2) is 0 Å². The molecule has 2 heterocycles. The molecule has 0 saturated carbocycles. The molecule has 0 aliphatic carbocycles. The van der Waals surface area contributed by atoms with Crippen molar-refractivity contribution in [1.82, 2.24) is 9.97 Å². The smallest absolute Gasteiger partial charge is 0.404 e. The second-order valence-electron chi connectivity index (χ2n) is 4.58. The average Bonchev–Trinajstić information content (AvgIpc) is 2.49. The zero-order valence-corrected chi connectivity index (χ0v) is 12.2. The summed E-state index contributed by atoms with van der Waals surface area (Å²) in [6.45, 7) is 0. The summed E-state index contributed by atoms with van der Waals surface area (Å²) in [5.41, 5.74) is 0. The maximum Gasteiger partial charge on any atom is 0.573 e. The Morgan fingerprint density at radius 1 is 1.00 bits per heavy atom. The predicted molar refractivity (Wildman–Crippen MR) is 81.0 cm³/mol. The van der Waals surface area contributed by atoms with E-state index in [0.717, 1.165) is 23.0 Å². The number of nitrogens with one attached hydrogen (secondary N) is 1. The van der Waals surface area contributed by atoms with Crippen LogP contribution in [0.3, 0.4) is 0 Å². The molecule has 1 aromatic carbocycles. The van der Waals surface area contributed by atoms with Crippen LogP contribution in [0, 0.1) is 0 Å². The van der Waals surface area contributed by atoms with Crippen molar-refractivity contribution in [3.63, 3.8) is 0 Å². The van der Waals surface area contributed by atoms with Gasteiger partial charge in [-0.2, -0.15) is 0 Å². The first-order chi connectivity index (χ1) is 10.9. The van der Waals surface area contributed by atoms with Crippen molar-refractivity contribution in [3.8, 4) is 5.75 Å². The number of aromatic nitrogens is 2. The summed E-state index contributed by atoms with van der Waals surface area (Å²) in [6, 6.07) is 9.71. The van der Waals surface area contributed by atoms with Crippen molar-refractivity contribution >= 4 is 34.0 Å². The molecular formula is C15H9ClF3N3O. The summed E-state index contributed by atoms with van der Waals surface area (Å²) in [5.74, 6) is 0.415. The molecule has 0 spiro atoms. The summed E-state index contributed by atoms with van der Waals surface area (Å²) in [6.07, 6.45) is -2.12. The Balaban J connectivity index is 1.80. The van der Waals surface area contributed by atoms with E-state index in [4.69, 9.17) is 11.6 Å².